The highest BCUT2D eigenvalue weighted by molar-refractivity contribution is 8.26. The summed E-state index contributed by atoms with van der Waals surface area (Å²) in [5.41, 5.74) is 1.07. The molecule has 0 radical (unpaired) electrons. The van der Waals surface area contributed by atoms with E-state index in [9.17, 15) is 9.59 Å². The molecule has 0 aromatic heterocycles. The van der Waals surface area contributed by atoms with Crippen molar-refractivity contribution in [2.45, 2.75) is 18.9 Å². The first-order valence-corrected chi connectivity index (χ1v) is 5.57. The Labute approximate surface area is 92.2 Å². The van der Waals surface area contributed by atoms with E-state index in [2.05, 4.69) is 5.32 Å². The summed E-state index contributed by atoms with van der Waals surface area (Å²) in [7, 11) is 0. The third-order valence-electron chi connectivity index (χ3n) is 2.55. The van der Waals surface area contributed by atoms with Crippen LogP contribution in [0.5, 0.6) is 0 Å². The zero-order valence-corrected chi connectivity index (χ0v) is 9.08. The van der Waals surface area contributed by atoms with Crippen LogP contribution in [0.2, 0.25) is 0 Å². The Balaban J connectivity index is 2.18. The summed E-state index contributed by atoms with van der Waals surface area (Å²) in [5, 5.41) is 2.35. The zero-order valence-electron chi connectivity index (χ0n) is 8.27. The molecule has 3 nitrogen and oxygen atoms in total. The summed E-state index contributed by atoms with van der Waals surface area (Å²) >= 11 is 0.763. The largest absolute Gasteiger partial charge is 0.335 e. The molecule has 0 aliphatic carbocycles. The summed E-state index contributed by atoms with van der Waals surface area (Å²) in [5.74, 6) is 0.0256. The highest BCUT2D eigenvalue weighted by Crippen LogP contribution is 2.27. The van der Waals surface area contributed by atoms with Gasteiger partial charge in [-0.15, -0.1) is 0 Å². The fourth-order valence-electron chi connectivity index (χ4n) is 1.65. The van der Waals surface area contributed by atoms with Crippen molar-refractivity contribution in [2.24, 2.45) is 0 Å². The van der Waals surface area contributed by atoms with Gasteiger partial charge in [-0.3, -0.25) is 9.59 Å². The Kier molecular flexibility index (Phi) is 2.77. The van der Waals surface area contributed by atoms with E-state index in [1.165, 1.54) is 0 Å². The number of rotatable bonds is 2. The van der Waals surface area contributed by atoms with Crippen molar-refractivity contribution in [1.82, 2.24) is 5.32 Å². The third kappa shape index (κ3) is 2.04. The van der Waals surface area contributed by atoms with E-state index in [4.69, 9.17) is 0 Å². The molecule has 1 fully saturated rings. The molecule has 2 atom stereocenters. The summed E-state index contributed by atoms with van der Waals surface area (Å²) in [6.45, 7) is 1.95. The van der Waals surface area contributed by atoms with Crippen LogP contribution < -0.4 is 5.32 Å². The molecular weight excluding hydrogens is 210 g/mol. The monoisotopic (exact) mass is 221 g/mol. The van der Waals surface area contributed by atoms with E-state index >= 15 is 0 Å². The van der Waals surface area contributed by atoms with Crippen molar-refractivity contribution >= 4 is 22.1 Å². The minimum atomic E-state index is -0.384. The molecule has 0 bridgehead atoms. The average molecular weight is 221 g/mol. The van der Waals surface area contributed by atoms with Crippen LogP contribution in [0.15, 0.2) is 30.3 Å². The fraction of sp³-hybridized carbons (Fsp3) is 0.273. The molecule has 1 aliphatic rings. The van der Waals surface area contributed by atoms with Gasteiger partial charge < -0.3 is 5.32 Å². The number of carbonyl (C=O) groups is 2. The quantitative estimate of drug-likeness (QED) is 0.832. The first kappa shape index (κ1) is 10.2. The number of carbonyl (C=O) groups excluding carboxylic acids is 2. The third-order valence-corrected chi connectivity index (χ3v) is 3.30. The van der Waals surface area contributed by atoms with Gasteiger partial charge in [0.05, 0.1) is 0 Å². The molecule has 1 saturated heterocycles. The number of hydrogen-bond donors (Lipinski definition) is 1. The lowest BCUT2D eigenvalue weighted by molar-refractivity contribution is -0.112. The van der Waals surface area contributed by atoms with Crippen molar-refractivity contribution in [3.05, 3.63) is 35.9 Å². The van der Waals surface area contributed by atoms with Crippen LogP contribution >= 0.6 is 11.8 Å². The van der Waals surface area contributed by atoms with Gasteiger partial charge in [-0.1, -0.05) is 37.3 Å². The Morgan fingerprint density at radius 2 is 1.93 bits per heavy atom. The van der Waals surface area contributed by atoms with Crippen molar-refractivity contribution in [2.75, 3.05) is 0 Å². The maximum atomic E-state index is 11.5. The summed E-state index contributed by atoms with van der Waals surface area (Å²) in [6, 6.07) is 9.34. The van der Waals surface area contributed by atoms with E-state index in [0.717, 1.165) is 17.3 Å². The summed E-state index contributed by atoms with van der Waals surface area (Å²) < 4.78 is 0. The molecule has 1 amide bonds. The number of hydrogen-bond acceptors (Lipinski definition) is 3. The van der Waals surface area contributed by atoms with Gasteiger partial charge in [-0.2, -0.15) is 0 Å². The van der Waals surface area contributed by atoms with Gasteiger partial charge in [0.25, 0.3) is 5.24 Å². The maximum Gasteiger partial charge on any atom is 0.287 e. The number of nitrogens with one attached hydrogen (secondary N) is 1. The number of thioether (sulfide) groups is 1. The van der Waals surface area contributed by atoms with Gasteiger partial charge in [-0.05, 0) is 5.56 Å². The van der Waals surface area contributed by atoms with E-state index in [-0.39, 0.29) is 22.3 Å². The molecule has 0 spiro atoms. The van der Waals surface area contributed by atoms with Gasteiger partial charge in [0.1, 0.15) is 6.04 Å². The molecule has 1 N–H and O–H groups in total. The van der Waals surface area contributed by atoms with Gasteiger partial charge in [0, 0.05) is 17.7 Å². The van der Waals surface area contributed by atoms with Gasteiger partial charge in [-0.25, -0.2) is 0 Å². The normalized spacial score (nSPS) is 22.6. The molecule has 1 heterocycles. The second-order valence-corrected chi connectivity index (χ2v) is 4.51. The highest BCUT2D eigenvalue weighted by atomic mass is 32.2. The topological polar surface area (TPSA) is 46.2 Å². The highest BCUT2D eigenvalue weighted by Gasteiger charge is 2.35. The first-order valence-electron chi connectivity index (χ1n) is 4.75. The fourth-order valence-corrected chi connectivity index (χ4v) is 2.41. The molecular formula is C11H11NO2S. The first-order chi connectivity index (χ1) is 7.18. The predicted octanol–water partition coefficient (Wildman–Crippen LogP) is 2.14. The lowest BCUT2D eigenvalue weighted by atomic mass is 9.94. The lowest BCUT2D eigenvalue weighted by Crippen LogP contribution is -2.33. The second-order valence-electron chi connectivity index (χ2n) is 3.53. The SMILES string of the molecule is CC(c1ccccc1)C1NC(=O)SC1=O. The Bertz CT molecular complexity index is 391. The zero-order chi connectivity index (χ0) is 10.8. The van der Waals surface area contributed by atoms with Gasteiger partial charge in [0.2, 0.25) is 5.12 Å². The molecule has 15 heavy (non-hydrogen) atoms. The molecule has 2 rings (SSSR count). The maximum absolute atomic E-state index is 11.5. The van der Waals surface area contributed by atoms with Crippen LogP contribution in [0.3, 0.4) is 0 Å². The van der Waals surface area contributed by atoms with Crippen LogP contribution in [-0.2, 0) is 4.79 Å². The van der Waals surface area contributed by atoms with Crippen molar-refractivity contribution in [1.29, 1.82) is 0 Å². The van der Waals surface area contributed by atoms with Crippen molar-refractivity contribution in [3.63, 3.8) is 0 Å². The molecule has 4 heteroatoms. The number of amides is 1. The smallest absolute Gasteiger partial charge is 0.287 e. The molecule has 1 aliphatic heterocycles. The minimum absolute atomic E-state index is 0.0256. The standard InChI is InChI=1S/C11H11NO2S/c1-7(8-5-3-2-4-6-8)9-10(13)15-11(14)12-9/h2-7,9H,1H3,(H,12,14). The van der Waals surface area contributed by atoms with E-state index in [1.54, 1.807) is 0 Å². The van der Waals surface area contributed by atoms with Gasteiger partial charge in [0.15, 0.2) is 0 Å². The molecule has 0 saturated carbocycles. The number of benzene rings is 1. The van der Waals surface area contributed by atoms with E-state index < -0.39 is 0 Å². The van der Waals surface area contributed by atoms with Crippen LogP contribution in [0.1, 0.15) is 18.4 Å². The van der Waals surface area contributed by atoms with Crippen molar-refractivity contribution in [3.8, 4) is 0 Å². The molecule has 78 valence electrons. The second kappa shape index (κ2) is 4.06. The van der Waals surface area contributed by atoms with Crippen LogP contribution in [0.25, 0.3) is 0 Å². The van der Waals surface area contributed by atoms with E-state index in [0.29, 0.717) is 0 Å². The van der Waals surface area contributed by atoms with Crippen LogP contribution in [-0.4, -0.2) is 16.4 Å². The Hall–Kier alpha value is -1.29. The average Bonchev–Trinajstić information content (AvgIpc) is 2.58. The van der Waals surface area contributed by atoms with Gasteiger partial charge >= 0.3 is 0 Å². The summed E-state index contributed by atoms with van der Waals surface area (Å²) in [6.07, 6.45) is 0. The van der Waals surface area contributed by atoms with Crippen LogP contribution in [0, 0.1) is 0 Å². The molecule has 1 aromatic carbocycles. The Morgan fingerprint density at radius 3 is 2.47 bits per heavy atom. The van der Waals surface area contributed by atoms with Crippen molar-refractivity contribution < 1.29 is 9.59 Å². The summed E-state index contributed by atoms with van der Waals surface area (Å²) in [4.78, 5) is 22.5. The Morgan fingerprint density at radius 1 is 1.27 bits per heavy atom. The lowest BCUT2D eigenvalue weighted by Gasteiger charge is -2.17. The minimum Gasteiger partial charge on any atom is -0.335 e. The molecule has 2 unspecified atom stereocenters. The van der Waals surface area contributed by atoms with Crippen LogP contribution in [0.4, 0.5) is 4.79 Å². The van der Waals surface area contributed by atoms with E-state index in [1.807, 2.05) is 37.3 Å². The predicted molar refractivity (Wildman–Crippen MR) is 59.8 cm³/mol. The molecule has 1 aromatic rings.